The lowest BCUT2D eigenvalue weighted by Gasteiger charge is -2.11. The molecule has 8 nitrogen and oxygen atoms in total. The summed E-state index contributed by atoms with van der Waals surface area (Å²) in [6, 6.07) is 3.53. The lowest BCUT2D eigenvalue weighted by Crippen LogP contribution is -2.15. The minimum atomic E-state index is -0.569. The van der Waals surface area contributed by atoms with E-state index in [9.17, 15) is 9.59 Å². The van der Waals surface area contributed by atoms with Crippen molar-refractivity contribution >= 4 is 39.2 Å². The maximum Gasteiger partial charge on any atom is 0.254 e. The molecule has 0 spiro atoms. The predicted molar refractivity (Wildman–Crippen MR) is 99.9 cm³/mol. The van der Waals surface area contributed by atoms with Gasteiger partial charge in [-0.15, -0.1) is 0 Å². The van der Waals surface area contributed by atoms with Gasteiger partial charge >= 0.3 is 0 Å². The lowest BCUT2D eigenvalue weighted by atomic mass is 10.1. The quantitative estimate of drug-likeness (QED) is 0.660. The first-order chi connectivity index (χ1) is 12.4. The van der Waals surface area contributed by atoms with Gasteiger partial charge in [0, 0.05) is 28.5 Å². The smallest absolute Gasteiger partial charge is 0.254 e. The molecule has 0 aliphatic heterocycles. The maximum atomic E-state index is 12.2. The Kier molecular flexibility index (Phi) is 4.99. The lowest BCUT2D eigenvalue weighted by molar-refractivity contribution is -0.116. The zero-order valence-corrected chi connectivity index (χ0v) is 15.9. The molecular weight excluding hydrogens is 400 g/mol. The van der Waals surface area contributed by atoms with Gasteiger partial charge in [0.05, 0.1) is 6.20 Å². The minimum absolute atomic E-state index is 0.142. The third kappa shape index (κ3) is 3.57. The van der Waals surface area contributed by atoms with Crippen LogP contribution in [-0.2, 0) is 11.2 Å². The monoisotopic (exact) mass is 416 g/mol. The fourth-order valence-corrected chi connectivity index (χ4v) is 2.97. The molecule has 0 atom stereocenters. The number of rotatable bonds is 5. The molecule has 0 unspecified atom stereocenters. The van der Waals surface area contributed by atoms with Gasteiger partial charge in [0.25, 0.3) is 5.91 Å². The molecule has 9 heteroatoms. The van der Waals surface area contributed by atoms with Crippen molar-refractivity contribution in [3.63, 3.8) is 0 Å². The van der Waals surface area contributed by atoms with Crippen molar-refractivity contribution in [1.82, 2.24) is 19.6 Å². The summed E-state index contributed by atoms with van der Waals surface area (Å²) in [6.07, 6.45) is 3.80. The highest BCUT2D eigenvalue weighted by molar-refractivity contribution is 9.10. The molecule has 0 aliphatic carbocycles. The van der Waals surface area contributed by atoms with Crippen molar-refractivity contribution in [2.45, 2.75) is 26.7 Å². The van der Waals surface area contributed by atoms with Gasteiger partial charge in [-0.2, -0.15) is 5.10 Å². The third-order valence-corrected chi connectivity index (χ3v) is 4.54. The molecule has 0 bridgehead atoms. The Morgan fingerprint density at radius 3 is 2.69 bits per heavy atom. The van der Waals surface area contributed by atoms with Gasteiger partial charge in [0.2, 0.25) is 5.91 Å². The largest absolute Gasteiger partial charge is 0.365 e. The molecule has 134 valence electrons. The number of nitrogens with zero attached hydrogens (tertiary/aromatic N) is 4. The number of carbonyl (C=O) groups excluding carboxylic acids is 2. The zero-order chi connectivity index (χ0) is 18.8. The van der Waals surface area contributed by atoms with Crippen LogP contribution in [0.3, 0.4) is 0 Å². The third-order valence-electron chi connectivity index (χ3n) is 4.07. The van der Waals surface area contributed by atoms with Crippen molar-refractivity contribution in [2.75, 3.05) is 5.32 Å². The first kappa shape index (κ1) is 18.0. The van der Waals surface area contributed by atoms with Gasteiger partial charge in [-0.1, -0.05) is 0 Å². The number of primary amides is 1. The SMILES string of the molecule is Cc1nc2c(C(N)=O)cnn2c(C)c1CCC(=O)Nc1ccc(Br)cn1. The molecule has 3 aromatic heterocycles. The van der Waals surface area contributed by atoms with E-state index in [0.717, 1.165) is 21.4 Å². The normalized spacial score (nSPS) is 10.9. The standard InChI is InChI=1S/C17H17BrN6O2/c1-9-12(4-6-15(25)23-14-5-3-11(18)7-20-14)10(2)24-17(22-9)13(8-21-24)16(19)26/h3,5,7-8H,4,6H2,1-2H3,(H2,19,26)(H,20,23,25). The summed E-state index contributed by atoms with van der Waals surface area (Å²) in [5.74, 6) is -0.212. The average Bonchev–Trinajstić information content (AvgIpc) is 3.01. The highest BCUT2D eigenvalue weighted by Gasteiger charge is 2.17. The molecule has 0 radical (unpaired) electrons. The number of nitrogens with two attached hydrogens (primary N) is 1. The Balaban J connectivity index is 1.77. The number of nitrogens with one attached hydrogen (secondary N) is 1. The van der Waals surface area contributed by atoms with Crippen LogP contribution in [0.2, 0.25) is 0 Å². The number of pyridine rings is 1. The number of anilines is 1. The maximum absolute atomic E-state index is 12.2. The Labute approximate surface area is 158 Å². The molecule has 3 N–H and O–H groups in total. The molecule has 0 saturated heterocycles. The van der Waals surface area contributed by atoms with Crippen LogP contribution >= 0.6 is 15.9 Å². The second-order valence-electron chi connectivity index (χ2n) is 5.83. The average molecular weight is 417 g/mol. The molecule has 0 aromatic carbocycles. The molecule has 3 heterocycles. The van der Waals surface area contributed by atoms with Crippen LogP contribution in [0.4, 0.5) is 5.82 Å². The summed E-state index contributed by atoms with van der Waals surface area (Å²) in [6.45, 7) is 3.72. The Morgan fingerprint density at radius 1 is 1.27 bits per heavy atom. The van der Waals surface area contributed by atoms with Crippen molar-refractivity contribution in [1.29, 1.82) is 0 Å². The van der Waals surface area contributed by atoms with E-state index < -0.39 is 5.91 Å². The van der Waals surface area contributed by atoms with Crippen LogP contribution in [0.1, 0.15) is 33.7 Å². The van der Waals surface area contributed by atoms with E-state index in [4.69, 9.17) is 5.73 Å². The van der Waals surface area contributed by atoms with Crippen LogP contribution in [0.25, 0.3) is 5.65 Å². The van der Waals surface area contributed by atoms with Gasteiger partial charge in [0.1, 0.15) is 11.4 Å². The van der Waals surface area contributed by atoms with E-state index in [1.54, 1.807) is 16.8 Å². The van der Waals surface area contributed by atoms with Crippen molar-refractivity contribution in [3.8, 4) is 0 Å². The van der Waals surface area contributed by atoms with Gasteiger partial charge in [-0.3, -0.25) is 9.59 Å². The van der Waals surface area contributed by atoms with Gasteiger partial charge in [-0.05, 0) is 53.9 Å². The molecule has 0 saturated carbocycles. The summed E-state index contributed by atoms with van der Waals surface area (Å²) in [5, 5.41) is 6.94. The Hall–Kier alpha value is -2.81. The summed E-state index contributed by atoms with van der Waals surface area (Å²) in [5.41, 5.74) is 8.54. The zero-order valence-electron chi connectivity index (χ0n) is 14.3. The first-order valence-corrected chi connectivity index (χ1v) is 8.71. The molecule has 0 aliphatic rings. The number of hydrogen-bond donors (Lipinski definition) is 2. The molecular formula is C17H17BrN6O2. The fraction of sp³-hybridized carbons (Fsp3) is 0.235. The molecule has 3 rings (SSSR count). The van der Waals surface area contributed by atoms with Gasteiger partial charge in [0.15, 0.2) is 5.65 Å². The second kappa shape index (κ2) is 7.20. The molecule has 3 aromatic rings. The van der Waals surface area contributed by atoms with Crippen molar-refractivity contribution < 1.29 is 9.59 Å². The van der Waals surface area contributed by atoms with E-state index in [1.807, 2.05) is 19.9 Å². The van der Waals surface area contributed by atoms with Crippen LogP contribution in [0.15, 0.2) is 29.0 Å². The number of fused-ring (bicyclic) bond motifs is 1. The highest BCUT2D eigenvalue weighted by Crippen LogP contribution is 2.19. The van der Waals surface area contributed by atoms with E-state index >= 15 is 0 Å². The predicted octanol–water partition coefficient (Wildman–Crippen LogP) is 2.17. The van der Waals surface area contributed by atoms with E-state index in [0.29, 0.717) is 17.9 Å². The minimum Gasteiger partial charge on any atom is -0.365 e. The number of aryl methyl sites for hydroxylation is 2. The van der Waals surface area contributed by atoms with Crippen LogP contribution in [-0.4, -0.2) is 31.4 Å². The van der Waals surface area contributed by atoms with Crippen molar-refractivity contribution in [2.24, 2.45) is 5.73 Å². The van der Waals surface area contributed by atoms with Gasteiger partial charge < -0.3 is 11.1 Å². The number of carbonyl (C=O) groups is 2. The van der Waals surface area contributed by atoms with E-state index in [2.05, 4.69) is 36.3 Å². The fourth-order valence-electron chi connectivity index (χ4n) is 2.74. The second-order valence-corrected chi connectivity index (χ2v) is 6.74. The number of halogens is 1. The molecule has 26 heavy (non-hydrogen) atoms. The first-order valence-electron chi connectivity index (χ1n) is 7.92. The molecule has 2 amide bonds. The number of amides is 2. The van der Waals surface area contributed by atoms with Gasteiger partial charge in [-0.25, -0.2) is 14.5 Å². The number of hydrogen-bond acceptors (Lipinski definition) is 5. The topological polar surface area (TPSA) is 115 Å². The summed E-state index contributed by atoms with van der Waals surface area (Å²) >= 11 is 3.30. The highest BCUT2D eigenvalue weighted by atomic mass is 79.9. The number of aromatic nitrogens is 4. The summed E-state index contributed by atoms with van der Waals surface area (Å²) in [7, 11) is 0. The molecule has 0 fully saturated rings. The van der Waals surface area contributed by atoms with Crippen LogP contribution < -0.4 is 11.1 Å². The Bertz CT molecular complexity index is 997. The van der Waals surface area contributed by atoms with Crippen LogP contribution in [0.5, 0.6) is 0 Å². The van der Waals surface area contributed by atoms with Crippen molar-refractivity contribution in [3.05, 3.63) is 51.5 Å². The Morgan fingerprint density at radius 2 is 2.04 bits per heavy atom. The summed E-state index contributed by atoms with van der Waals surface area (Å²) < 4.78 is 2.42. The summed E-state index contributed by atoms with van der Waals surface area (Å²) in [4.78, 5) is 32.2. The van der Waals surface area contributed by atoms with E-state index in [-0.39, 0.29) is 17.9 Å². The van der Waals surface area contributed by atoms with E-state index in [1.165, 1.54) is 6.20 Å². The van der Waals surface area contributed by atoms with Crippen LogP contribution in [0, 0.1) is 13.8 Å².